The monoisotopic (exact) mass is 716 g/mol. The lowest BCUT2D eigenvalue weighted by molar-refractivity contribution is 0.0485. The summed E-state index contributed by atoms with van der Waals surface area (Å²) in [4.78, 5) is 25.7. The fourth-order valence-corrected chi connectivity index (χ4v) is 8.06. The molecule has 16 heteroatoms. The highest BCUT2D eigenvalue weighted by molar-refractivity contribution is 7.91. The van der Waals surface area contributed by atoms with E-state index < -0.39 is 27.4 Å². The van der Waals surface area contributed by atoms with Gasteiger partial charge in [0.2, 0.25) is 15.0 Å². The van der Waals surface area contributed by atoms with Gasteiger partial charge in [0.25, 0.3) is 5.91 Å². The van der Waals surface area contributed by atoms with Crippen LogP contribution in [0.25, 0.3) is 38.4 Å². The molecule has 13 nitrogen and oxygen atoms in total. The topological polar surface area (TPSA) is 137 Å². The molecule has 0 saturated carbocycles. The standard InChI is InChI=1S/C35H34F2N8O5S/c1-6-51(47,48)35-39-31-27-18(2)26-22(36)9-8-20-28(26)21(15-25(30(20)37)50-17-49-5)32(27)45-24(10-11-38-45)29(31)33(40-35)43-12-7-13-44-19(16-43)14-23(41-44)34(46)42(3)4/h8-11,14-15,18H,6-7,12-13,16-17H2,1-5H3. The van der Waals surface area contributed by atoms with Gasteiger partial charge in [0.1, 0.15) is 11.6 Å². The molecule has 5 heterocycles. The van der Waals surface area contributed by atoms with E-state index >= 15 is 8.78 Å². The number of fused-ring (bicyclic) bond motifs is 8. The van der Waals surface area contributed by atoms with Gasteiger partial charge in [-0.25, -0.2) is 31.7 Å². The molecule has 0 fully saturated rings. The van der Waals surface area contributed by atoms with Crippen molar-refractivity contribution in [2.24, 2.45) is 0 Å². The number of hydrogen-bond donors (Lipinski definition) is 0. The van der Waals surface area contributed by atoms with Crippen molar-refractivity contribution < 1.29 is 31.5 Å². The molecule has 2 aliphatic rings. The molecule has 0 bridgehead atoms. The fourth-order valence-electron chi connectivity index (χ4n) is 7.35. The second kappa shape index (κ2) is 11.9. The summed E-state index contributed by atoms with van der Waals surface area (Å²) in [5.41, 5.74) is 3.67. The maximum absolute atomic E-state index is 16.0. The van der Waals surface area contributed by atoms with Crippen molar-refractivity contribution in [1.82, 2.24) is 34.3 Å². The van der Waals surface area contributed by atoms with E-state index in [1.807, 2.05) is 4.90 Å². The molecular weight excluding hydrogens is 682 g/mol. The van der Waals surface area contributed by atoms with Crippen molar-refractivity contribution in [1.29, 1.82) is 0 Å². The van der Waals surface area contributed by atoms with Crippen LogP contribution in [0.1, 0.15) is 53.5 Å². The molecule has 264 valence electrons. The molecule has 1 atom stereocenters. The van der Waals surface area contributed by atoms with Gasteiger partial charge in [-0.15, -0.1) is 0 Å². The number of benzene rings is 2. The lowest BCUT2D eigenvalue weighted by atomic mass is 9.78. The molecule has 0 saturated heterocycles. The molecule has 0 radical (unpaired) electrons. The lowest BCUT2D eigenvalue weighted by Gasteiger charge is -2.30. The Bertz CT molecular complexity index is 2550. The van der Waals surface area contributed by atoms with Gasteiger partial charge in [0.05, 0.1) is 46.3 Å². The summed E-state index contributed by atoms with van der Waals surface area (Å²) in [7, 11) is 0.797. The van der Waals surface area contributed by atoms with E-state index in [4.69, 9.17) is 24.5 Å². The Hall–Kier alpha value is -5.22. The molecule has 4 aromatic heterocycles. The number of carbonyl (C=O) groups is 1. The van der Waals surface area contributed by atoms with Gasteiger partial charge in [-0.1, -0.05) is 13.8 Å². The van der Waals surface area contributed by atoms with Crippen molar-refractivity contribution in [3.63, 3.8) is 0 Å². The zero-order valence-corrected chi connectivity index (χ0v) is 29.4. The third-order valence-electron chi connectivity index (χ3n) is 9.73. The van der Waals surface area contributed by atoms with Crippen LogP contribution in [0.3, 0.4) is 0 Å². The summed E-state index contributed by atoms with van der Waals surface area (Å²) in [6.07, 6.45) is 2.24. The Labute approximate surface area is 291 Å². The zero-order chi connectivity index (χ0) is 35.9. The number of methoxy groups -OCH3 is 1. The summed E-state index contributed by atoms with van der Waals surface area (Å²) < 4.78 is 73.3. The molecule has 1 aliphatic carbocycles. The first-order valence-corrected chi connectivity index (χ1v) is 18.1. The lowest BCUT2D eigenvalue weighted by Crippen LogP contribution is -2.26. The number of hydrogen-bond acceptors (Lipinski definition) is 10. The van der Waals surface area contributed by atoms with Crippen LogP contribution in [-0.4, -0.2) is 88.9 Å². The quantitative estimate of drug-likeness (QED) is 0.165. The van der Waals surface area contributed by atoms with E-state index in [9.17, 15) is 13.2 Å². The fraction of sp³-hybridized carbons (Fsp3) is 0.343. The minimum Gasteiger partial charge on any atom is -0.464 e. The predicted molar refractivity (Wildman–Crippen MR) is 185 cm³/mol. The summed E-state index contributed by atoms with van der Waals surface area (Å²) >= 11 is 0. The van der Waals surface area contributed by atoms with Gasteiger partial charge < -0.3 is 19.3 Å². The number of ether oxygens (including phenoxy) is 2. The van der Waals surface area contributed by atoms with Gasteiger partial charge in [-0.2, -0.15) is 10.2 Å². The van der Waals surface area contributed by atoms with E-state index in [1.54, 1.807) is 48.5 Å². The first kappa shape index (κ1) is 33.0. The van der Waals surface area contributed by atoms with Crippen LogP contribution < -0.4 is 9.64 Å². The smallest absolute Gasteiger partial charge is 0.273 e. The molecule has 1 aliphatic heterocycles. The SMILES string of the molecule is CCS(=O)(=O)c1nc(N2CCCn3nc(C(=O)N(C)C)cc3C2)c2c(n1)c1c(n3nccc23)-c2cc(OCOC)c(F)c3ccc(F)c(c23)C1C. The second-order valence-electron chi connectivity index (χ2n) is 13.0. The Balaban J connectivity index is 1.45. The van der Waals surface area contributed by atoms with Crippen molar-refractivity contribution in [3.8, 4) is 17.0 Å². The minimum atomic E-state index is -3.95. The number of sulfone groups is 1. The van der Waals surface area contributed by atoms with Crippen LogP contribution in [-0.2, 0) is 27.7 Å². The summed E-state index contributed by atoms with van der Waals surface area (Å²) in [5, 5.41) is 9.95. The third kappa shape index (κ3) is 4.94. The minimum absolute atomic E-state index is 0.0938. The predicted octanol–water partition coefficient (Wildman–Crippen LogP) is 4.93. The van der Waals surface area contributed by atoms with E-state index in [0.717, 1.165) is 5.69 Å². The summed E-state index contributed by atoms with van der Waals surface area (Å²) in [6.45, 7) is 4.40. The van der Waals surface area contributed by atoms with Crippen LogP contribution in [0, 0.1) is 11.6 Å². The van der Waals surface area contributed by atoms with E-state index in [0.29, 0.717) is 69.6 Å². The van der Waals surface area contributed by atoms with Crippen LogP contribution in [0.15, 0.2) is 41.7 Å². The highest BCUT2D eigenvalue weighted by Gasteiger charge is 2.36. The van der Waals surface area contributed by atoms with Crippen LogP contribution in [0.5, 0.6) is 5.75 Å². The van der Waals surface area contributed by atoms with Gasteiger partial charge in [0, 0.05) is 67.7 Å². The van der Waals surface area contributed by atoms with Gasteiger partial charge in [-0.3, -0.25) is 9.48 Å². The normalized spacial score (nSPS) is 15.7. The number of rotatable bonds is 7. The Morgan fingerprint density at radius 2 is 1.88 bits per heavy atom. The maximum atomic E-state index is 16.0. The molecule has 1 amide bonds. The number of aryl methyl sites for hydroxylation is 1. The Morgan fingerprint density at radius 1 is 1.08 bits per heavy atom. The van der Waals surface area contributed by atoms with Crippen molar-refractivity contribution in [2.75, 3.05) is 45.2 Å². The van der Waals surface area contributed by atoms with Crippen LogP contribution in [0.2, 0.25) is 0 Å². The van der Waals surface area contributed by atoms with Gasteiger partial charge in [0.15, 0.2) is 24.1 Å². The molecule has 2 aromatic carbocycles. The highest BCUT2D eigenvalue weighted by atomic mass is 32.2. The first-order valence-electron chi connectivity index (χ1n) is 16.5. The van der Waals surface area contributed by atoms with E-state index in [2.05, 4.69) is 5.10 Å². The zero-order valence-electron chi connectivity index (χ0n) is 28.6. The average molecular weight is 717 g/mol. The number of nitrogens with zero attached hydrogens (tertiary/aromatic N) is 8. The number of amides is 1. The molecule has 1 unspecified atom stereocenters. The molecule has 6 aromatic rings. The molecular formula is C35H34F2N8O5S. The number of aromatic nitrogens is 6. The number of pyridine rings is 1. The van der Waals surface area contributed by atoms with Crippen molar-refractivity contribution in [3.05, 3.63) is 70.7 Å². The Morgan fingerprint density at radius 3 is 2.63 bits per heavy atom. The van der Waals surface area contributed by atoms with Gasteiger partial charge >= 0.3 is 0 Å². The summed E-state index contributed by atoms with van der Waals surface area (Å²) in [5.74, 6) is -2.12. The highest BCUT2D eigenvalue weighted by Crippen LogP contribution is 2.51. The van der Waals surface area contributed by atoms with Crippen molar-refractivity contribution >= 4 is 48.8 Å². The average Bonchev–Trinajstić information content (AvgIpc) is 3.72. The summed E-state index contributed by atoms with van der Waals surface area (Å²) in [6, 6.07) is 7.65. The number of halogens is 2. The molecule has 51 heavy (non-hydrogen) atoms. The molecule has 8 rings (SSSR count). The van der Waals surface area contributed by atoms with Crippen LogP contribution >= 0.6 is 0 Å². The third-order valence-corrected chi connectivity index (χ3v) is 11.2. The van der Waals surface area contributed by atoms with Gasteiger partial charge in [-0.05, 0) is 36.8 Å². The van der Waals surface area contributed by atoms with Crippen molar-refractivity contribution in [2.45, 2.75) is 44.4 Å². The molecule has 0 spiro atoms. The van der Waals surface area contributed by atoms with E-state index in [-0.39, 0.29) is 46.9 Å². The number of carbonyl (C=O) groups excluding carboxylic acids is 1. The second-order valence-corrected chi connectivity index (χ2v) is 15.1. The largest absolute Gasteiger partial charge is 0.464 e. The maximum Gasteiger partial charge on any atom is 0.273 e. The first-order chi connectivity index (χ1) is 24.4. The van der Waals surface area contributed by atoms with Crippen LogP contribution in [0.4, 0.5) is 14.6 Å². The van der Waals surface area contributed by atoms with E-state index in [1.165, 1.54) is 37.1 Å². The Kier molecular flexibility index (Phi) is 7.72. The molecule has 0 N–H and O–H groups in total. The number of anilines is 1.